The van der Waals surface area contributed by atoms with Gasteiger partial charge in [-0.2, -0.15) is 0 Å². The highest BCUT2D eigenvalue weighted by Crippen LogP contribution is 2.28. The molecule has 0 aliphatic rings. The molecule has 1 aromatic rings. The molecule has 0 aliphatic heterocycles. The van der Waals surface area contributed by atoms with Crippen LogP contribution in [0.2, 0.25) is 0 Å². The Balaban J connectivity index is 3.12. The molecule has 1 amide bonds. The summed E-state index contributed by atoms with van der Waals surface area (Å²) in [5, 5.41) is 2.44. The quantitative estimate of drug-likeness (QED) is 0.813. The first-order valence-electron chi connectivity index (χ1n) is 6.25. The molecule has 1 aromatic carbocycles. The van der Waals surface area contributed by atoms with E-state index in [1.54, 1.807) is 12.1 Å². The monoisotopic (exact) mass is 283 g/mol. The third-order valence-electron chi connectivity index (χ3n) is 3.16. The van der Waals surface area contributed by atoms with E-state index in [4.69, 9.17) is 0 Å². The third-order valence-corrected chi connectivity index (χ3v) is 4.28. The highest BCUT2D eigenvalue weighted by Gasteiger charge is 2.40. The lowest BCUT2D eigenvalue weighted by Gasteiger charge is -2.24. The van der Waals surface area contributed by atoms with Crippen molar-refractivity contribution in [3.63, 3.8) is 0 Å². The first-order chi connectivity index (χ1) is 8.82. The Kier molecular flexibility index (Phi) is 5.26. The number of nitrogens with one attached hydrogen (secondary N) is 1. The maximum atomic E-state index is 11.9. The van der Waals surface area contributed by atoms with Crippen molar-refractivity contribution in [2.75, 3.05) is 7.05 Å². The Morgan fingerprint density at radius 1 is 1.37 bits per heavy atom. The van der Waals surface area contributed by atoms with Crippen LogP contribution in [0, 0.1) is 5.92 Å². The lowest BCUT2D eigenvalue weighted by molar-refractivity contribution is -0.123. The van der Waals surface area contributed by atoms with Crippen molar-refractivity contribution in [1.29, 1.82) is 0 Å². The van der Waals surface area contributed by atoms with Gasteiger partial charge in [0.25, 0.3) is 0 Å². The number of amides is 1. The fourth-order valence-corrected chi connectivity index (χ4v) is 2.58. The standard InChI is InChI=1S/C14H21NO3S/c1-10(2)9-11-5-7-12(8-6-11)14(3,19(17)18)13(16)15-4/h5-8,10H,9H2,1-4H3,(H,15,16)(H,17,18)/t14-/m1/s1. The normalized spacial score (nSPS) is 15.9. The first kappa shape index (κ1) is 15.9. The zero-order valence-electron chi connectivity index (χ0n) is 11.8. The zero-order valence-corrected chi connectivity index (χ0v) is 12.6. The molecule has 1 rings (SSSR count). The summed E-state index contributed by atoms with van der Waals surface area (Å²) in [6, 6.07) is 7.31. The van der Waals surface area contributed by atoms with Crippen LogP contribution in [-0.2, 0) is 27.0 Å². The molecule has 2 atom stereocenters. The Hall–Kier alpha value is -1.20. The van der Waals surface area contributed by atoms with E-state index in [1.807, 2.05) is 12.1 Å². The molecule has 1 unspecified atom stereocenters. The molecule has 19 heavy (non-hydrogen) atoms. The molecule has 0 fully saturated rings. The van der Waals surface area contributed by atoms with Crippen LogP contribution in [0.4, 0.5) is 0 Å². The smallest absolute Gasteiger partial charge is 0.245 e. The molecule has 106 valence electrons. The highest BCUT2D eigenvalue weighted by molar-refractivity contribution is 7.81. The third kappa shape index (κ3) is 3.42. The van der Waals surface area contributed by atoms with Crippen LogP contribution in [0.3, 0.4) is 0 Å². The number of benzene rings is 1. The summed E-state index contributed by atoms with van der Waals surface area (Å²) < 4.78 is 19.5. The average Bonchev–Trinajstić information content (AvgIpc) is 2.36. The molecule has 0 saturated carbocycles. The van der Waals surface area contributed by atoms with Gasteiger partial charge in [-0.1, -0.05) is 38.1 Å². The maximum absolute atomic E-state index is 11.9. The van der Waals surface area contributed by atoms with Crippen molar-refractivity contribution in [3.05, 3.63) is 35.4 Å². The number of hydrogen-bond donors (Lipinski definition) is 2. The van der Waals surface area contributed by atoms with Gasteiger partial charge in [-0.05, 0) is 30.4 Å². The minimum atomic E-state index is -2.28. The second-order valence-corrected chi connectivity index (χ2v) is 6.47. The Morgan fingerprint density at radius 3 is 2.26 bits per heavy atom. The number of rotatable bonds is 5. The number of carbonyl (C=O) groups excluding carboxylic acids is 1. The van der Waals surface area contributed by atoms with Crippen molar-refractivity contribution in [2.24, 2.45) is 5.92 Å². The predicted molar refractivity (Wildman–Crippen MR) is 77.2 cm³/mol. The van der Waals surface area contributed by atoms with E-state index in [1.165, 1.54) is 14.0 Å². The minimum Gasteiger partial charge on any atom is -0.358 e. The van der Waals surface area contributed by atoms with Crippen LogP contribution in [0.5, 0.6) is 0 Å². The van der Waals surface area contributed by atoms with Crippen molar-refractivity contribution < 1.29 is 13.6 Å². The molecule has 0 heterocycles. The summed E-state index contributed by atoms with van der Waals surface area (Å²) in [5.41, 5.74) is 1.70. The van der Waals surface area contributed by atoms with Crippen molar-refractivity contribution in [1.82, 2.24) is 5.32 Å². The molecule has 0 aromatic heterocycles. The van der Waals surface area contributed by atoms with E-state index in [0.717, 1.165) is 12.0 Å². The summed E-state index contributed by atoms with van der Waals surface area (Å²) in [4.78, 5) is 11.9. The molecular formula is C14H21NO3S. The fourth-order valence-electron chi connectivity index (χ4n) is 1.98. The van der Waals surface area contributed by atoms with E-state index in [0.29, 0.717) is 11.5 Å². The van der Waals surface area contributed by atoms with Crippen molar-refractivity contribution in [2.45, 2.75) is 31.9 Å². The summed E-state index contributed by atoms with van der Waals surface area (Å²) in [6.45, 7) is 5.73. The van der Waals surface area contributed by atoms with Crippen LogP contribution in [0.25, 0.3) is 0 Å². The molecule has 0 saturated heterocycles. The van der Waals surface area contributed by atoms with E-state index in [9.17, 15) is 13.6 Å². The average molecular weight is 283 g/mol. The fraction of sp³-hybridized carbons (Fsp3) is 0.500. The van der Waals surface area contributed by atoms with Crippen LogP contribution in [-0.4, -0.2) is 21.7 Å². The summed E-state index contributed by atoms with van der Waals surface area (Å²) >= 11 is -2.28. The lowest BCUT2D eigenvalue weighted by Crippen LogP contribution is -2.43. The Labute approximate surface area is 116 Å². The first-order valence-corrected chi connectivity index (χ1v) is 7.35. The zero-order chi connectivity index (χ0) is 14.6. The summed E-state index contributed by atoms with van der Waals surface area (Å²) in [7, 11) is 1.46. The summed E-state index contributed by atoms with van der Waals surface area (Å²) in [6.07, 6.45) is 0.944. The predicted octanol–water partition coefficient (Wildman–Crippen LogP) is 2.07. The minimum absolute atomic E-state index is 0.468. The highest BCUT2D eigenvalue weighted by atomic mass is 32.2. The molecule has 0 radical (unpaired) electrons. The van der Waals surface area contributed by atoms with Crippen LogP contribution >= 0.6 is 0 Å². The topological polar surface area (TPSA) is 66.4 Å². The van der Waals surface area contributed by atoms with E-state index in [2.05, 4.69) is 19.2 Å². The molecule has 0 bridgehead atoms. The van der Waals surface area contributed by atoms with E-state index in [-0.39, 0.29) is 0 Å². The largest absolute Gasteiger partial charge is 0.358 e. The van der Waals surface area contributed by atoms with Gasteiger partial charge in [-0.25, -0.2) is 4.21 Å². The van der Waals surface area contributed by atoms with Crippen molar-refractivity contribution >= 4 is 17.0 Å². The van der Waals surface area contributed by atoms with Crippen molar-refractivity contribution in [3.8, 4) is 0 Å². The second-order valence-electron chi connectivity index (χ2n) is 5.16. The van der Waals surface area contributed by atoms with Crippen LogP contribution < -0.4 is 5.32 Å². The molecular weight excluding hydrogens is 262 g/mol. The van der Waals surface area contributed by atoms with Crippen LogP contribution in [0.15, 0.2) is 24.3 Å². The molecule has 0 spiro atoms. The Bertz CT molecular complexity index is 470. The molecule has 0 aliphatic carbocycles. The molecule has 5 heteroatoms. The second kappa shape index (κ2) is 6.30. The Morgan fingerprint density at radius 2 is 1.89 bits per heavy atom. The molecule has 2 N–H and O–H groups in total. The van der Waals surface area contributed by atoms with Gasteiger partial charge in [0, 0.05) is 7.05 Å². The van der Waals surface area contributed by atoms with Gasteiger partial charge in [0.05, 0.1) is 0 Å². The van der Waals surface area contributed by atoms with Gasteiger partial charge < -0.3 is 9.87 Å². The lowest BCUT2D eigenvalue weighted by atomic mass is 9.95. The van der Waals surface area contributed by atoms with E-state index < -0.39 is 21.7 Å². The van der Waals surface area contributed by atoms with Gasteiger partial charge in [-0.15, -0.1) is 0 Å². The van der Waals surface area contributed by atoms with E-state index >= 15 is 0 Å². The van der Waals surface area contributed by atoms with Gasteiger partial charge >= 0.3 is 0 Å². The SMILES string of the molecule is CNC(=O)[C@@](C)(c1ccc(CC(C)C)cc1)S(=O)O. The van der Waals surface area contributed by atoms with Gasteiger partial charge in [-0.3, -0.25) is 4.79 Å². The number of hydrogen-bond acceptors (Lipinski definition) is 2. The maximum Gasteiger partial charge on any atom is 0.245 e. The number of carbonyl (C=O) groups is 1. The van der Waals surface area contributed by atoms with Gasteiger partial charge in [0.2, 0.25) is 5.91 Å². The van der Waals surface area contributed by atoms with Gasteiger partial charge in [0.1, 0.15) is 0 Å². The summed E-state index contributed by atoms with van der Waals surface area (Å²) in [5.74, 6) is 0.0769. The number of likely N-dealkylation sites (N-methyl/N-ethyl adjacent to an activating group) is 1. The molecule has 4 nitrogen and oxygen atoms in total. The van der Waals surface area contributed by atoms with Gasteiger partial charge in [0.15, 0.2) is 15.8 Å². The van der Waals surface area contributed by atoms with Crippen LogP contribution in [0.1, 0.15) is 31.9 Å².